The van der Waals surface area contributed by atoms with Crippen LogP contribution < -0.4 is 11.6 Å². The molecular weight excluding hydrogens is 280 g/mol. The number of nitrogen functional groups attached to an aromatic ring is 2. The summed E-state index contributed by atoms with van der Waals surface area (Å²) in [5.41, 5.74) is 8.81. The highest BCUT2D eigenvalue weighted by Gasteiger charge is 2.16. The van der Waals surface area contributed by atoms with Crippen LogP contribution in [0.4, 0.5) is 5.69 Å². The number of hydrogen-bond donors (Lipinski definition) is 2. The summed E-state index contributed by atoms with van der Waals surface area (Å²) in [6, 6.07) is 12.7. The molecule has 0 aliphatic carbocycles. The Balaban J connectivity index is 2.18. The van der Waals surface area contributed by atoms with Gasteiger partial charge in [0.15, 0.2) is 5.82 Å². The summed E-state index contributed by atoms with van der Waals surface area (Å²) in [6.45, 7) is 2.05. The number of ether oxygens (including phenoxy) is 1. The van der Waals surface area contributed by atoms with E-state index in [2.05, 4.69) is 4.98 Å². The minimum Gasteiger partial charge on any atom is -0.462 e. The van der Waals surface area contributed by atoms with Gasteiger partial charge in [0, 0.05) is 5.56 Å². The van der Waals surface area contributed by atoms with E-state index in [1.807, 2.05) is 30.3 Å². The molecule has 0 unspecified atom stereocenters. The van der Waals surface area contributed by atoms with Crippen LogP contribution in [0, 0.1) is 0 Å². The second kappa shape index (κ2) is 5.40. The topological polar surface area (TPSA) is 96.2 Å². The Bertz CT molecular complexity index is 840. The molecule has 0 spiro atoms. The molecule has 4 N–H and O–H groups in total. The van der Waals surface area contributed by atoms with Crippen molar-refractivity contribution in [3.05, 3.63) is 48.0 Å². The van der Waals surface area contributed by atoms with Crippen LogP contribution in [0.2, 0.25) is 0 Å². The molecule has 0 atom stereocenters. The predicted octanol–water partition coefficient (Wildman–Crippen LogP) is 2.18. The Morgan fingerprint density at radius 2 is 2.00 bits per heavy atom. The third-order valence-corrected chi connectivity index (χ3v) is 3.36. The van der Waals surface area contributed by atoms with Crippen molar-refractivity contribution >= 4 is 22.7 Å². The molecule has 3 aromatic rings. The Hall–Kier alpha value is -3.02. The number of esters is 1. The third kappa shape index (κ3) is 2.24. The maximum absolute atomic E-state index is 11.9. The summed E-state index contributed by atoms with van der Waals surface area (Å²) >= 11 is 0. The lowest BCUT2D eigenvalue weighted by Crippen LogP contribution is -2.11. The highest BCUT2D eigenvalue weighted by molar-refractivity contribution is 5.99. The van der Waals surface area contributed by atoms with E-state index in [1.165, 1.54) is 4.68 Å². The Morgan fingerprint density at radius 3 is 2.68 bits per heavy atom. The Labute approximate surface area is 127 Å². The molecule has 0 radical (unpaired) electrons. The highest BCUT2D eigenvalue weighted by atomic mass is 16.5. The van der Waals surface area contributed by atoms with Gasteiger partial charge in [0.05, 0.1) is 23.4 Å². The van der Waals surface area contributed by atoms with E-state index in [0.29, 0.717) is 34.7 Å². The van der Waals surface area contributed by atoms with E-state index < -0.39 is 5.97 Å². The zero-order chi connectivity index (χ0) is 15.7. The monoisotopic (exact) mass is 296 g/mol. The number of anilines is 1. The van der Waals surface area contributed by atoms with Crippen LogP contribution in [0.3, 0.4) is 0 Å². The SMILES string of the molecule is CCOC(=O)c1cc(N)c2c(c1)nc(-c1ccccc1)n2N. The molecule has 1 heterocycles. The number of nitrogens with two attached hydrogens (primary N) is 2. The maximum Gasteiger partial charge on any atom is 0.338 e. The van der Waals surface area contributed by atoms with Crippen LogP contribution in [0.15, 0.2) is 42.5 Å². The van der Waals surface area contributed by atoms with Crippen molar-refractivity contribution in [2.24, 2.45) is 0 Å². The summed E-state index contributed by atoms with van der Waals surface area (Å²) < 4.78 is 6.43. The number of hydrogen-bond acceptors (Lipinski definition) is 5. The van der Waals surface area contributed by atoms with E-state index in [0.717, 1.165) is 5.56 Å². The van der Waals surface area contributed by atoms with E-state index in [9.17, 15) is 4.79 Å². The van der Waals surface area contributed by atoms with Crippen LogP contribution in [0.25, 0.3) is 22.4 Å². The Morgan fingerprint density at radius 1 is 1.27 bits per heavy atom. The van der Waals surface area contributed by atoms with Gasteiger partial charge in [0.2, 0.25) is 0 Å². The van der Waals surface area contributed by atoms with Crippen LogP contribution >= 0.6 is 0 Å². The summed E-state index contributed by atoms with van der Waals surface area (Å²) in [5, 5.41) is 0. The van der Waals surface area contributed by atoms with Gasteiger partial charge in [-0.2, -0.15) is 0 Å². The smallest absolute Gasteiger partial charge is 0.338 e. The first-order chi connectivity index (χ1) is 10.6. The number of carbonyl (C=O) groups excluding carboxylic acids is 1. The number of fused-ring (bicyclic) bond motifs is 1. The molecule has 1 aromatic heterocycles. The molecule has 2 aromatic carbocycles. The van der Waals surface area contributed by atoms with Crippen molar-refractivity contribution in [3.8, 4) is 11.4 Å². The largest absolute Gasteiger partial charge is 0.462 e. The minimum absolute atomic E-state index is 0.303. The van der Waals surface area contributed by atoms with Gasteiger partial charge in [0.25, 0.3) is 0 Å². The number of carbonyl (C=O) groups is 1. The molecule has 0 aliphatic heterocycles. The number of nitrogens with zero attached hydrogens (tertiary/aromatic N) is 2. The fourth-order valence-electron chi connectivity index (χ4n) is 2.39. The van der Waals surface area contributed by atoms with Crippen molar-refractivity contribution < 1.29 is 9.53 Å². The van der Waals surface area contributed by atoms with Gasteiger partial charge in [-0.25, -0.2) is 14.5 Å². The van der Waals surface area contributed by atoms with Crippen LogP contribution in [0.5, 0.6) is 0 Å². The summed E-state index contributed by atoms with van der Waals surface area (Å²) in [5.74, 6) is 6.27. The van der Waals surface area contributed by atoms with E-state index >= 15 is 0 Å². The lowest BCUT2D eigenvalue weighted by Gasteiger charge is -2.05. The van der Waals surface area contributed by atoms with Gasteiger partial charge in [-0.15, -0.1) is 0 Å². The van der Waals surface area contributed by atoms with Gasteiger partial charge in [-0.3, -0.25) is 0 Å². The zero-order valence-electron chi connectivity index (χ0n) is 12.1. The van der Waals surface area contributed by atoms with Crippen molar-refractivity contribution in [1.82, 2.24) is 9.66 Å². The van der Waals surface area contributed by atoms with Crippen molar-refractivity contribution in [1.29, 1.82) is 0 Å². The molecule has 3 rings (SSSR count). The average molecular weight is 296 g/mol. The maximum atomic E-state index is 11.9. The molecule has 22 heavy (non-hydrogen) atoms. The Kier molecular flexibility index (Phi) is 3.42. The van der Waals surface area contributed by atoms with Gasteiger partial charge in [0.1, 0.15) is 5.52 Å². The van der Waals surface area contributed by atoms with Gasteiger partial charge >= 0.3 is 5.97 Å². The number of rotatable bonds is 3. The normalized spacial score (nSPS) is 10.8. The second-order valence-electron chi connectivity index (χ2n) is 4.83. The first-order valence-corrected chi connectivity index (χ1v) is 6.91. The first kappa shape index (κ1) is 13.9. The average Bonchev–Trinajstić information content (AvgIpc) is 2.86. The summed E-state index contributed by atoms with van der Waals surface area (Å²) in [6.07, 6.45) is 0. The second-order valence-corrected chi connectivity index (χ2v) is 4.83. The van der Waals surface area contributed by atoms with Crippen molar-refractivity contribution in [2.75, 3.05) is 18.2 Å². The number of benzene rings is 2. The van der Waals surface area contributed by atoms with Crippen LogP contribution in [-0.4, -0.2) is 22.2 Å². The fourth-order valence-corrected chi connectivity index (χ4v) is 2.39. The molecule has 0 saturated heterocycles. The molecule has 6 heteroatoms. The highest BCUT2D eigenvalue weighted by Crippen LogP contribution is 2.27. The summed E-state index contributed by atoms with van der Waals surface area (Å²) in [7, 11) is 0. The molecule has 0 bridgehead atoms. The van der Waals surface area contributed by atoms with Gasteiger partial charge in [-0.1, -0.05) is 30.3 Å². The standard InChI is InChI=1S/C16H16N4O2/c1-2-22-16(21)11-8-12(17)14-13(9-11)19-15(20(14)18)10-6-4-3-5-7-10/h3-9H,2,17-18H2,1H3. The lowest BCUT2D eigenvalue weighted by atomic mass is 10.1. The molecule has 112 valence electrons. The lowest BCUT2D eigenvalue weighted by molar-refractivity contribution is 0.0526. The zero-order valence-corrected chi connectivity index (χ0v) is 12.1. The van der Waals surface area contributed by atoms with E-state index in [-0.39, 0.29) is 0 Å². The van der Waals surface area contributed by atoms with E-state index in [1.54, 1.807) is 19.1 Å². The quantitative estimate of drug-likeness (QED) is 0.438. The first-order valence-electron chi connectivity index (χ1n) is 6.91. The molecule has 6 nitrogen and oxygen atoms in total. The van der Waals surface area contributed by atoms with Crippen molar-refractivity contribution in [3.63, 3.8) is 0 Å². The fraction of sp³-hybridized carbons (Fsp3) is 0.125. The molecule has 0 saturated carbocycles. The molecule has 0 amide bonds. The molecular formula is C16H16N4O2. The number of imidazole rings is 1. The third-order valence-electron chi connectivity index (χ3n) is 3.36. The van der Waals surface area contributed by atoms with Gasteiger partial charge in [-0.05, 0) is 19.1 Å². The molecule has 0 fully saturated rings. The summed E-state index contributed by atoms with van der Waals surface area (Å²) in [4.78, 5) is 16.4. The minimum atomic E-state index is -0.427. The van der Waals surface area contributed by atoms with E-state index in [4.69, 9.17) is 16.3 Å². The number of aromatic nitrogens is 2. The van der Waals surface area contributed by atoms with Crippen LogP contribution in [-0.2, 0) is 4.74 Å². The van der Waals surface area contributed by atoms with Crippen molar-refractivity contribution in [2.45, 2.75) is 6.92 Å². The van der Waals surface area contributed by atoms with Crippen LogP contribution in [0.1, 0.15) is 17.3 Å². The predicted molar refractivity (Wildman–Crippen MR) is 85.7 cm³/mol. The van der Waals surface area contributed by atoms with Gasteiger partial charge < -0.3 is 16.3 Å². The molecule has 0 aliphatic rings.